The van der Waals surface area contributed by atoms with Gasteiger partial charge in [-0.05, 0) is 94.8 Å². The Morgan fingerprint density at radius 1 is 0.529 bits per heavy atom. The Balaban J connectivity index is 1.13. The molecule has 1 aliphatic carbocycles. The number of hydrogen-bond acceptors (Lipinski definition) is 10. The van der Waals surface area contributed by atoms with E-state index in [4.69, 9.17) is 19.2 Å². The van der Waals surface area contributed by atoms with Crippen molar-refractivity contribution in [3.63, 3.8) is 0 Å². The van der Waals surface area contributed by atoms with Gasteiger partial charge in [0.1, 0.15) is 21.3 Å². The van der Waals surface area contributed by atoms with Gasteiger partial charge in [-0.1, -0.05) is 61.4 Å². The predicted octanol–water partition coefficient (Wildman–Crippen LogP) is 7.50. The molecule has 6 aromatic rings. The quantitative estimate of drug-likeness (QED) is 0.112. The third-order valence-corrected chi connectivity index (χ3v) is 12.0. The first kappa shape index (κ1) is 33.3. The lowest BCUT2D eigenvalue weighted by atomic mass is 9.73. The van der Waals surface area contributed by atoms with Crippen LogP contribution >= 0.6 is 0 Å². The van der Waals surface area contributed by atoms with Crippen molar-refractivity contribution in [1.82, 2.24) is 0 Å². The van der Waals surface area contributed by atoms with Crippen LogP contribution in [0.4, 0.5) is 11.4 Å². The van der Waals surface area contributed by atoms with Gasteiger partial charge in [0.05, 0.1) is 0 Å². The van der Waals surface area contributed by atoms with Crippen LogP contribution in [0.15, 0.2) is 119 Å². The number of benzene rings is 6. The first-order valence-corrected chi connectivity index (χ1v) is 18.5. The van der Waals surface area contributed by atoms with E-state index in [1.165, 1.54) is 60.7 Å². The van der Waals surface area contributed by atoms with Crippen molar-refractivity contribution in [1.29, 1.82) is 10.8 Å². The molecular formula is C37H26N4O8S2. The van der Waals surface area contributed by atoms with Crippen LogP contribution in [-0.4, -0.2) is 16.8 Å². The number of rotatable bonds is 8. The van der Waals surface area contributed by atoms with Crippen molar-refractivity contribution in [2.24, 2.45) is 0 Å². The summed E-state index contributed by atoms with van der Waals surface area (Å²) in [6, 6.07) is 27.1. The SMILES string of the molecule is N#[N+]c1ccc2c(S(=O)(=O)Oc3ccc(C4(c5ccc(OS(=O)(=O)c6cccc7c([O-])c([N+]#N)ccc67)cc5)CCCC4)cc3)cccc2c1[O-]. The molecule has 254 valence electrons. The van der Waals surface area contributed by atoms with Gasteiger partial charge in [0.15, 0.2) is 9.95 Å². The zero-order valence-electron chi connectivity index (χ0n) is 26.6. The molecule has 1 aliphatic rings. The van der Waals surface area contributed by atoms with Crippen LogP contribution < -0.4 is 18.6 Å². The molecule has 7 rings (SSSR count). The lowest BCUT2D eigenvalue weighted by Crippen LogP contribution is -2.23. The summed E-state index contributed by atoms with van der Waals surface area (Å²) < 4.78 is 64.4. The highest BCUT2D eigenvalue weighted by Gasteiger charge is 2.37. The van der Waals surface area contributed by atoms with E-state index >= 15 is 0 Å². The van der Waals surface area contributed by atoms with Crippen molar-refractivity contribution in [2.45, 2.75) is 40.9 Å². The maximum absolute atomic E-state index is 13.4. The van der Waals surface area contributed by atoms with E-state index in [1.54, 1.807) is 48.5 Å². The fourth-order valence-corrected chi connectivity index (χ4v) is 9.19. The zero-order chi connectivity index (χ0) is 36.0. The zero-order valence-corrected chi connectivity index (χ0v) is 28.2. The van der Waals surface area contributed by atoms with E-state index in [9.17, 15) is 27.0 Å². The topological polar surface area (TPSA) is 189 Å². The number of hydrogen-bond donors (Lipinski definition) is 0. The molecule has 0 bridgehead atoms. The Bertz CT molecular complexity index is 2480. The normalized spacial score (nSPS) is 14.2. The smallest absolute Gasteiger partial charge is 0.378 e. The second-order valence-electron chi connectivity index (χ2n) is 12.1. The second-order valence-corrected chi connectivity index (χ2v) is 15.2. The van der Waals surface area contributed by atoms with Gasteiger partial charge >= 0.3 is 31.6 Å². The monoisotopic (exact) mass is 718 g/mol. The Morgan fingerprint density at radius 3 is 1.29 bits per heavy atom. The molecule has 0 N–H and O–H groups in total. The maximum Gasteiger partial charge on any atom is 0.378 e. The van der Waals surface area contributed by atoms with Gasteiger partial charge in [0.25, 0.3) is 0 Å². The fourth-order valence-electron chi connectivity index (χ4n) is 6.90. The van der Waals surface area contributed by atoms with Gasteiger partial charge in [-0.2, -0.15) is 16.8 Å². The van der Waals surface area contributed by atoms with Crippen LogP contribution in [0.5, 0.6) is 23.0 Å². The lowest BCUT2D eigenvalue weighted by molar-refractivity contribution is -0.265. The van der Waals surface area contributed by atoms with Crippen molar-refractivity contribution in [2.75, 3.05) is 0 Å². The molecule has 0 heterocycles. The van der Waals surface area contributed by atoms with Crippen molar-refractivity contribution in [3.8, 4) is 23.0 Å². The summed E-state index contributed by atoms with van der Waals surface area (Å²) in [6.45, 7) is 0. The van der Waals surface area contributed by atoms with Crippen LogP contribution in [0.3, 0.4) is 0 Å². The lowest BCUT2D eigenvalue weighted by Gasteiger charge is -2.31. The predicted molar refractivity (Wildman–Crippen MR) is 184 cm³/mol. The molecule has 0 spiro atoms. The van der Waals surface area contributed by atoms with Crippen molar-refractivity contribution >= 4 is 53.2 Å². The van der Waals surface area contributed by atoms with Gasteiger partial charge in [0.2, 0.25) is 10.8 Å². The molecule has 14 heteroatoms. The molecule has 1 fully saturated rings. The standard InChI is InChI=1S/C37H26N4O8S2/c38-40-31-19-17-27-29(35(31)42)5-3-7-33(27)50(44,45)48-25-13-9-23(10-14-25)37(21-1-2-22-37)24-11-15-26(16-12-24)49-51(46,47)34-8-4-6-30-28(34)18-20-32(41-39)36(30)43/h3-20H,1-2,21-22H2. The average molecular weight is 719 g/mol. The van der Waals surface area contributed by atoms with Crippen LogP contribution in [0.2, 0.25) is 0 Å². The van der Waals surface area contributed by atoms with E-state index in [2.05, 4.69) is 9.95 Å². The highest BCUT2D eigenvalue weighted by atomic mass is 32.2. The first-order chi connectivity index (χ1) is 24.5. The molecule has 12 nitrogen and oxygen atoms in total. The van der Waals surface area contributed by atoms with Crippen LogP contribution in [-0.2, 0) is 25.7 Å². The van der Waals surface area contributed by atoms with E-state index in [0.717, 1.165) is 36.8 Å². The molecule has 6 aromatic carbocycles. The van der Waals surface area contributed by atoms with Crippen molar-refractivity contribution < 1.29 is 35.4 Å². The molecule has 0 aromatic heterocycles. The Kier molecular flexibility index (Phi) is 8.22. The summed E-state index contributed by atoms with van der Waals surface area (Å²) in [5.74, 6) is -1.08. The third kappa shape index (κ3) is 5.80. The summed E-state index contributed by atoms with van der Waals surface area (Å²) in [4.78, 5) is 5.50. The van der Waals surface area contributed by atoms with Crippen LogP contribution in [0.25, 0.3) is 31.5 Å². The molecule has 0 unspecified atom stereocenters. The molecule has 0 aliphatic heterocycles. The summed E-state index contributed by atoms with van der Waals surface area (Å²) in [5.41, 5.74) is 0.993. The molecule has 51 heavy (non-hydrogen) atoms. The third-order valence-electron chi connectivity index (χ3n) is 9.34. The van der Waals surface area contributed by atoms with E-state index in [0.29, 0.717) is 0 Å². The minimum absolute atomic E-state index is 0.0710. The van der Waals surface area contributed by atoms with Crippen molar-refractivity contribution in [3.05, 3.63) is 130 Å². The van der Waals surface area contributed by atoms with Gasteiger partial charge in [-0.15, -0.1) is 0 Å². The highest BCUT2D eigenvalue weighted by Crippen LogP contribution is 2.47. The Labute approximate surface area is 292 Å². The van der Waals surface area contributed by atoms with Crippen LogP contribution in [0, 0.1) is 10.8 Å². The van der Waals surface area contributed by atoms with Gasteiger partial charge in [-0.25, -0.2) is 0 Å². The molecular weight excluding hydrogens is 693 g/mol. The number of nitrogens with zero attached hydrogens (tertiary/aromatic N) is 4. The van der Waals surface area contributed by atoms with E-state index < -0.39 is 37.2 Å². The molecule has 0 atom stereocenters. The minimum atomic E-state index is -4.36. The average Bonchev–Trinajstić information content (AvgIpc) is 3.63. The summed E-state index contributed by atoms with van der Waals surface area (Å²) in [7, 11) is -8.72. The summed E-state index contributed by atoms with van der Waals surface area (Å²) in [5, 5.41) is 43.7. The summed E-state index contributed by atoms with van der Waals surface area (Å²) in [6.07, 6.45) is 3.49. The fraction of sp³-hybridized carbons (Fsp3) is 0.135. The van der Waals surface area contributed by atoms with Crippen LogP contribution in [0.1, 0.15) is 36.8 Å². The maximum atomic E-state index is 13.4. The van der Waals surface area contributed by atoms with E-state index in [-0.39, 0.29) is 54.2 Å². The number of diazo groups is 2. The first-order valence-electron chi connectivity index (χ1n) is 15.7. The van der Waals surface area contributed by atoms with Gasteiger partial charge in [0, 0.05) is 28.3 Å². The molecule has 1 saturated carbocycles. The molecule has 0 amide bonds. The van der Waals surface area contributed by atoms with Gasteiger partial charge in [-0.3, -0.25) is 0 Å². The highest BCUT2D eigenvalue weighted by molar-refractivity contribution is 7.87. The van der Waals surface area contributed by atoms with E-state index in [1.807, 2.05) is 0 Å². The minimum Gasteiger partial charge on any atom is -0.867 e. The summed E-state index contributed by atoms with van der Waals surface area (Å²) >= 11 is 0. The molecule has 0 radical (unpaired) electrons. The Hall–Kier alpha value is -6.22. The second kappa shape index (κ2) is 12.6. The largest absolute Gasteiger partial charge is 0.867 e. The Morgan fingerprint density at radius 2 is 0.922 bits per heavy atom. The molecule has 0 saturated heterocycles. The number of fused-ring (bicyclic) bond motifs is 2. The van der Waals surface area contributed by atoms with Gasteiger partial charge < -0.3 is 18.6 Å².